The zero-order valence-corrected chi connectivity index (χ0v) is 10.4. The van der Waals surface area contributed by atoms with Crippen LogP contribution in [0.5, 0.6) is 0 Å². The normalized spacial score (nSPS) is 14.2. The van der Waals surface area contributed by atoms with Crippen molar-refractivity contribution in [3.63, 3.8) is 0 Å². The molecule has 1 atom stereocenters. The van der Waals surface area contributed by atoms with Crippen molar-refractivity contribution in [2.75, 3.05) is 0 Å². The second kappa shape index (κ2) is 4.78. The quantitative estimate of drug-likeness (QED) is 0.860. The van der Waals surface area contributed by atoms with E-state index in [9.17, 15) is 14.3 Å². The molecule has 0 amide bonds. The Bertz CT molecular complexity index is 431. The lowest BCUT2D eigenvalue weighted by Crippen LogP contribution is -2.32. The van der Waals surface area contributed by atoms with Crippen LogP contribution in [0, 0.1) is 5.82 Å². The van der Waals surface area contributed by atoms with E-state index >= 15 is 0 Å². The van der Waals surface area contributed by atoms with Gasteiger partial charge in [0.25, 0.3) is 0 Å². The van der Waals surface area contributed by atoms with Gasteiger partial charge in [0, 0.05) is 5.56 Å². The fourth-order valence-corrected chi connectivity index (χ4v) is 1.90. The summed E-state index contributed by atoms with van der Waals surface area (Å²) in [6.07, 6.45) is 1.66. The molecule has 0 bridgehead atoms. The van der Waals surface area contributed by atoms with Gasteiger partial charge in [0.15, 0.2) is 0 Å². The molecule has 1 unspecified atom stereocenters. The zero-order chi connectivity index (χ0) is 12.3. The van der Waals surface area contributed by atoms with Crippen LogP contribution in [0.3, 0.4) is 0 Å². The van der Waals surface area contributed by atoms with Gasteiger partial charge < -0.3 is 5.11 Å². The van der Waals surface area contributed by atoms with Crippen molar-refractivity contribution in [2.24, 2.45) is 0 Å². The van der Waals surface area contributed by atoms with E-state index in [0.29, 0.717) is 0 Å². The fraction of sp³-hybridized carbons (Fsp3) is 0.250. The maximum absolute atomic E-state index is 13.8. The summed E-state index contributed by atoms with van der Waals surface area (Å²) >= 11 is 3.04. The van der Waals surface area contributed by atoms with Crippen LogP contribution in [0.15, 0.2) is 35.3 Å². The standard InChI is InChI=1S/C12H12BrFO2/c1-3-7-12(2,11(15)16)8-5-4-6-9(13)10(8)14/h3-6H,1,7H2,2H3,(H,15,16). The topological polar surface area (TPSA) is 37.3 Å². The third-order valence-corrected chi connectivity index (χ3v) is 3.18. The van der Waals surface area contributed by atoms with Gasteiger partial charge in [0.2, 0.25) is 0 Å². The van der Waals surface area contributed by atoms with E-state index < -0.39 is 17.2 Å². The molecule has 4 heteroatoms. The van der Waals surface area contributed by atoms with Crippen molar-refractivity contribution in [3.05, 3.63) is 46.7 Å². The van der Waals surface area contributed by atoms with Gasteiger partial charge in [-0.25, -0.2) is 4.39 Å². The third-order valence-electron chi connectivity index (χ3n) is 2.57. The van der Waals surface area contributed by atoms with Crippen molar-refractivity contribution >= 4 is 21.9 Å². The highest BCUT2D eigenvalue weighted by Crippen LogP contribution is 2.33. The molecule has 0 aliphatic heterocycles. The van der Waals surface area contributed by atoms with Crippen LogP contribution < -0.4 is 0 Å². The molecule has 0 aliphatic rings. The predicted molar refractivity (Wildman–Crippen MR) is 63.9 cm³/mol. The summed E-state index contributed by atoms with van der Waals surface area (Å²) in [5, 5.41) is 9.20. The van der Waals surface area contributed by atoms with E-state index in [1.807, 2.05) is 0 Å². The Hall–Kier alpha value is -1.16. The van der Waals surface area contributed by atoms with E-state index in [-0.39, 0.29) is 16.5 Å². The molecule has 0 aliphatic carbocycles. The molecule has 1 rings (SSSR count). The minimum absolute atomic E-state index is 0.161. The largest absolute Gasteiger partial charge is 0.481 e. The van der Waals surface area contributed by atoms with Crippen molar-refractivity contribution in [1.82, 2.24) is 0 Å². The van der Waals surface area contributed by atoms with Crippen molar-refractivity contribution in [1.29, 1.82) is 0 Å². The molecule has 1 N–H and O–H groups in total. The molecule has 0 fully saturated rings. The van der Waals surface area contributed by atoms with Crippen LogP contribution in [-0.4, -0.2) is 11.1 Å². The van der Waals surface area contributed by atoms with Gasteiger partial charge in [-0.3, -0.25) is 4.79 Å². The number of aliphatic carboxylic acids is 1. The fourth-order valence-electron chi connectivity index (χ4n) is 1.53. The van der Waals surface area contributed by atoms with Gasteiger partial charge >= 0.3 is 5.97 Å². The number of hydrogen-bond donors (Lipinski definition) is 1. The van der Waals surface area contributed by atoms with Gasteiger partial charge in [-0.1, -0.05) is 18.2 Å². The molecule has 0 spiro atoms. The number of halogens is 2. The first kappa shape index (κ1) is 12.9. The first-order valence-electron chi connectivity index (χ1n) is 4.72. The van der Waals surface area contributed by atoms with Crippen molar-refractivity contribution < 1.29 is 14.3 Å². The highest BCUT2D eigenvalue weighted by molar-refractivity contribution is 9.10. The van der Waals surface area contributed by atoms with Crippen LogP contribution in [0.1, 0.15) is 18.9 Å². The van der Waals surface area contributed by atoms with Crippen LogP contribution in [0.2, 0.25) is 0 Å². The molecule has 16 heavy (non-hydrogen) atoms. The molecule has 1 aromatic rings. The van der Waals surface area contributed by atoms with Crippen molar-refractivity contribution in [2.45, 2.75) is 18.8 Å². The van der Waals surface area contributed by atoms with Crippen molar-refractivity contribution in [3.8, 4) is 0 Å². The molecule has 0 heterocycles. The average molecular weight is 287 g/mol. The molecule has 0 radical (unpaired) electrons. The summed E-state index contributed by atoms with van der Waals surface area (Å²) in [5.41, 5.74) is -1.12. The average Bonchev–Trinajstić information content (AvgIpc) is 2.22. The Morgan fingerprint density at radius 2 is 2.31 bits per heavy atom. The highest BCUT2D eigenvalue weighted by atomic mass is 79.9. The first-order valence-corrected chi connectivity index (χ1v) is 5.51. The van der Waals surface area contributed by atoms with Gasteiger partial charge in [-0.2, -0.15) is 0 Å². The van der Waals surface area contributed by atoms with Gasteiger partial charge in [0.1, 0.15) is 5.82 Å². The molecule has 86 valence electrons. The molecular formula is C12H12BrFO2. The number of hydrogen-bond acceptors (Lipinski definition) is 1. The second-order valence-electron chi connectivity index (χ2n) is 3.73. The summed E-state index contributed by atoms with van der Waals surface area (Å²) in [5.74, 6) is -1.60. The lowest BCUT2D eigenvalue weighted by molar-refractivity contribution is -0.143. The van der Waals surface area contributed by atoms with E-state index in [1.165, 1.54) is 25.1 Å². The Morgan fingerprint density at radius 1 is 1.69 bits per heavy atom. The summed E-state index contributed by atoms with van der Waals surface area (Å²) in [7, 11) is 0. The van der Waals surface area contributed by atoms with Gasteiger partial charge in [-0.15, -0.1) is 6.58 Å². The zero-order valence-electron chi connectivity index (χ0n) is 8.84. The maximum atomic E-state index is 13.8. The van der Waals surface area contributed by atoms with E-state index in [0.717, 1.165) is 0 Å². The number of allylic oxidation sites excluding steroid dienone is 1. The van der Waals surface area contributed by atoms with Gasteiger partial charge in [-0.05, 0) is 35.3 Å². The maximum Gasteiger partial charge on any atom is 0.314 e. The minimum atomic E-state index is -1.28. The Morgan fingerprint density at radius 3 is 2.81 bits per heavy atom. The molecule has 0 saturated carbocycles. The summed E-state index contributed by atoms with van der Waals surface area (Å²) in [4.78, 5) is 11.2. The minimum Gasteiger partial charge on any atom is -0.481 e. The molecule has 0 saturated heterocycles. The van der Waals surface area contributed by atoms with Crippen LogP contribution in [0.25, 0.3) is 0 Å². The summed E-state index contributed by atoms with van der Waals surface area (Å²) < 4.78 is 14.1. The smallest absolute Gasteiger partial charge is 0.314 e. The number of carbonyl (C=O) groups is 1. The number of carboxylic acid groups (broad SMARTS) is 1. The Balaban J connectivity index is 3.37. The monoisotopic (exact) mass is 286 g/mol. The molecule has 1 aromatic carbocycles. The lowest BCUT2D eigenvalue weighted by Gasteiger charge is -2.24. The van der Waals surface area contributed by atoms with E-state index in [4.69, 9.17) is 0 Å². The van der Waals surface area contributed by atoms with Crippen LogP contribution in [0.4, 0.5) is 4.39 Å². The third kappa shape index (κ3) is 2.16. The predicted octanol–water partition coefficient (Wildman–Crippen LogP) is 3.51. The van der Waals surface area contributed by atoms with Crippen LogP contribution in [-0.2, 0) is 10.2 Å². The van der Waals surface area contributed by atoms with E-state index in [1.54, 1.807) is 6.07 Å². The summed E-state index contributed by atoms with van der Waals surface area (Å²) in [6.45, 7) is 5.00. The van der Waals surface area contributed by atoms with E-state index in [2.05, 4.69) is 22.5 Å². The number of rotatable bonds is 4. The molecular weight excluding hydrogens is 275 g/mol. The Labute approximate surface area is 102 Å². The summed E-state index contributed by atoms with van der Waals surface area (Å²) in [6, 6.07) is 4.64. The molecule has 2 nitrogen and oxygen atoms in total. The number of benzene rings is 1. The lowest BCUT2D eigenvalue weighted by atomic mass is 9.79. The molecule has 0 aromatic heterocycles. The van der Waals surface area contributed by atoms with Crippen LogP contribution >= 0.6 is 15.9 Å². The second-order valence-corrected chi connectivity index (χ2v) is 4.59. The highest BCUT2D eigenvalue weighted by Gasteiger charge is 2.36. The Kier molecular flexibility index (Phi) is 3.86. The van der Waals surface area contributed by atoms with Gasteiger partial charge in [0.05, 0.1) is 9.89 Å². The number of carboxylic acids is 1. The SMILES string of the molecule is C=CCC(C)(C(=O)O)c1cccc(Br)c1F. The first-order chi connectivity index (χ1) is 7.43.